The van der Waals surface area contributed by atoms with Crippen molar-refractivity contribution in [2.45, 2.75) is 19.3 Å². The molecule has 1 fully saturated rings. The fourth-order valence-electron chi connectivity index (χ4n) is 3.73. The van der Waals surface area contributed by atoms with Crippen molar-refractivity contribution in [3.05, 3.63) is 42.5 Å². The Morgan fingerprint density at radius 3 is 2.93 bits per heavy atom. The summed E-state index contributed by atoms with van der Waals surface area (Å²) in [4.78, 5) is 25.7. The number of para-hydroxylation sites is 1. The van der Waals surface area contributed by atoms with E-state index in [1.807, 2.05) is 47.4 Å². The fourth-order valence-corrected chi connectivity index (χ4v) is 3.73. The number of H-pyrrole nitrogens is 1. The number of methoxy groups -OCH3 is 1. The van der Waals surface area contributed by atoms with Gasteiger partial charge in [0.2, 0.25) is 5.91 Å². The molecule has 1 saturated heterocycles. The molecule has 4 rings (SSSR count). The molecule has 0 bridgehead atoms. The van der Waals surface area contributed by atoms with Gasteiger partial charge in [0.15, 0.2) is 5.82 Å². The maximum Gasteiger partial charge on any atom is 0.320 e. The van der Waals surface area contributed by atoms with Gasteiger partial charge in [-0.05, 0) is 36.6 Å². The molecule has 0 aliphatic carbocycles. The first kappa shape index (κ1) is 19.8. The second-order valence-electron chi connectivity index (χ2n) is 7.25. The molecule has 0 saturated carbocycles. The molecular weight excluding hydrogens is 382 g/mol. The zero-order chi connectivity index (χ0) is 20.9. The van der Waals surface area contributed by atoms with E-state index < -0.39 is 0 Å². The predicted octanol–water partition coefficient (Wildman–Crippen LogP) is 3.37. The Bertz CT molecular complexity index is 1060. The zero-order valence-electron chi connectivity index (χ0n) is 16.9. The topological polar surface area (TPSA) is 99.3 Å². The van der Waals surface area contributed by atoms with Gasteiger partial charge in [0, 0.05) is 37.0 Å². The lowest BCUT2D eigenvalue weighted by Crippen LogP contribution is -2.33. The number of urea groups is 1. The predicted molar refractivity (Wildman–Crippen MR) is 116 cm³/mol. The summed E-state index contributed by atoms with van der Waals surface area (Å²) in [5.74, 6) is 1.48. The highest BCUT2D eigenvalue weighted by molar-refractivity contribution is 6.00. The van der Waals surface area contributed by atoms with Gasteiger partial charge in [0.05, 0.1) is 12.6 Å². The Morgan fingerprint density at radius 1 is 1.27 bits per heavy atom. The number of likely N-dealkylation sites (tertiary alicyclic amines) is 1. The molecule has 3 aromatic rings. The number of aromatic amines is 1. The van der Waals surface area contributed by atoms with E-state index in [1.54, 1.807) is 7.11 Å². The number of aromatic nitrogens is 2. The van der Waals surface area contributed by atoms with E-state index in [2.05, 4.69) is 20.8 Å². The van der Waals surface area contributed by atoms with Crippen molar-refractivity contribution in [2.24, 2.45) is 0 Å². The quantitative estimate of drug-likeness (QED) is 0.523. The minimum absolute atomic E-state index is 0.204. The largest absolute Gasteiger partial charge is 0.496 e. The summed E-state index contributed by atoms with van der Waals surface area (Å²) in [7, 11) is 1.65. The smallest absolute Gasteiger partial charge is 0.320 e. The zero-order valence-corrected chi connectivity index (χ0v) is 16.9. The monoisotopic (exact) mass is 407 g/mol. The number of nitrogens with one attached hydrogen (secondary N) is 3. The van der Waals surface area contributed by atoms with Gasteiger partial charge in [0.1, 0.15) is 5.75 Å². The Morgan fingerprint density at radius 2 is 2.13 bits per heavy atom. The van der Waals surface area contributed by atoms with Crippen LogP contribution < -0.4 is 15.4 Å². The SMILES string of the molecule is COc1ccccc1-c1ccc2c(NC(=O)NCCCN3CCCC3=O)n[nH]c2c1. The average Bonchev–Trinajstić information content (AvgIpc) is 3.36. The number of amides is 3. The number of hydrogen-bond acceptors (Lipinski definition) is 4. The van der Waals surface area contributed by atoms with Crippen LogP contribution in [0.3, 0.4) is 0 Å². The van der Waals surface area contributed by atoms with E-state index in [9.17, 15) is 9.59 Å². The Labute approximate surface area is 174 Å². The van der Waals surface area contributed by atoms with Gasteiger partial charge in [-0.25, -0.2) is 4.79 Å². The van der Waals surface area contributed by atoms with Crippen molar-refractivity contribution < 1.29 is 14.3 Å². The van der Waals surface area contributed by atoms with Crippen LogP contribution in [0.2, 0.25) is 0 Å². The number of anilines is 1. The number of benzene rings is 2. The lowest BCUT2D eigenvalue weighted by atomic mass is 10.0. The van der Waals surface area contributed by atoms with E-state index in [4.69, 9.17) is 4.74 Å². The molecular formula is C22H25N5O3. The number of fused-ring (bicyclic) bond motifs is 1. The Kier molecular flexibility index (Phi) is 5.83. The lowest BCUT2D eigenvalue weighted by Gasteiger charge is -2.15. The van der Waals surface area contributed by atoms with Crippen LogP contribution in [0.25, 0.3) is 22.0 Å². The molecule has 3 N–H and O–H groups in total. The molecule has 1 aliphatic heterocycles. The minimum atomic E-state index is -0.315. The highest BCUT2D eigenvalue weighted by Gasteiger charge is 2.19. The van der Waals surface area contributed by atoms with Crippen molar-refractivity contribution >= 4 is 28.7 Å². The number of carbonyl (C=O) groups excluding carboxylic acids is 2. The molecule has 8 heteroatoms. The van der Waals surface area contributed by atoms with E-state index in [0.29, 0.717) is 25.3 Å². The Hall–Kier alpha value is -3.55. The standard InChI is InChI=1S/C22H25N5O3/c1-30-19-7-3-2-6-16(19)15-9-10-17-18(14-15)25-26-21(17)24-22(29)23-11-5-13-27-12-4-8-20(27)28/h2-3,6-7,9-10,14H,4-5,8,11-13H2,1H3,(H3,23,24,25,26,29). The number of nitrogens with zero attached hydrogens (tertiary/aromatic N) is 2. The molecule has 0 radical (unpaired) electrons. The molecule has 30 heavy (non-hydrogen) atoms. The van der Waals surface area contributed by atoms with Gasteiger partial charge < -0.3 is 15.0 Å². The van der Waals surface area contributed by atoms with Crippen LogP contribution in [0.5, 0.6) is 5.75 Å². The van der Waals surface area contributed by atoms with Crippen LogP contribution in [-0.2, 0) is 4.79 Å². The van der Waals surface area contributed by atoms with Gasteiger partial charge >= 0.3 is 6.03 Å². The summed E-state index contributed by atoms with van der Waals surface area (Å²) < 4.78 is 5.44. The van der Waals surface area contributed by atoms with Gasteiger partial charge in [-0.3, -0.25) is 15.2 Å². The van der Waals surface area contributed by atoms with E-state index in [-0.39, 0.29) is 11.9 Å². The Balaban J connectivity index is 1.36. The molecule has 2 heterocycles. The first-order valence-electron chi connectivity index (χ1n) is 10.1. The van der Waals surface area contributed by atoms with Crippen molar-refractivity contribution in [1.29, 1.82) is 0 Å². The van der Waals surface area contributed by atoms with Gasteiger partial charge in [0.25, 0.3) is 0 Å². The minimum Gasteiger partial charge on any atom is -0.496 e. The molecule has 1 aromatic heterocycles. The lowest BCUT2D eigenvalue weighted by molar-refractivity contribution is -0.127. The highest BCUT2D eigenvalue weighted by Crippen LogP contribution is 2.32. The van der Waals surface area contributed by atoms with E-state index >= 15 is 0 Å². The first-order valence-corrected chi connectivity index (χ1v) is 10.1. The fraction of sp³-hybridized carbons (Fsp3) is 0.318. The molecule has 156 valence electrons. The van der Waals surface area contributed by atoms with Crippen molar-refractivity contribution in [1.82, 2.24) is 20.4 Å². The van der Waals surface area contributed by atoms with Gasteiger partial charge in [-0.1, -0.05) is 24.3 Å². The number of rotatable bonds is 7. The van der Waals surface area contributed by atoms with E-state index in [1.165, 1.54) is 0 Å². The summed E-state index contributed by atoms with van der Waals surface area (Å²) in [6.45, 7) is 1.99. The summed E-state index contributed by atoms with van der Waals surface area (Å²) in [5.41, 5.74) is 2.80. The molecule has 3 amide bonds. The third-order valence-electron chi connectivity index (χ3n) is 5.27. The normalized spacial score (nSPS) is 13.6. The van der Waals surface area contributed by atoms with Gasteiger partial charge in [-0.2, -0.15) is 5.10 Å². The van der Waals surface area contributed by atoms with Crippen LogP contribution in [0, 0.1) is 0 Å². The summed E-state index contributed by atoms with van der Waals surface area (Å²) >= 11 is 0. The summed E-state index contributed by atoms with van der Waals surface area (Å²) in [6, 6.07) is 13.4. The summed E-state index contributed by atoms with van der Waals surface area (Å²) in [5, 5.41) is 13.6. The number of hydrogen-bond donors (Lipinski definition) is 3. The molecule has 0 spiro atoms. The molecule has 0 atom stereocenters. The van der Waals surface area contributed by atoms with Crippen LogP contribution >= 0.6 is 0 Å². The maximum absolute atomic E-state index is 12.2. The van der Waals surface area contributed by atoms with Crippen LogP contribution in [0.15, 0.2) is 42.5 Å². The third kappa shape index (κ3) is 4.22. The molecule has 1 aliphatic rings. The molecule has 8 nitrogen and oxygen atoms in total. The van der Waals surface area contributed by atoms with Crippen molar-refractivity contribution in [3.63, 3.8) is 0 Å². The summed E-state index contributed by atoms with van der Waals surface area (Å²) in [6.07, 6.45) is 2.29. The molecule has 2 aromatic carbocycles. The van der Waals surface area contributed by atoms with Crippen molar-refractivity contribution in [2.75, 3.05) is 32.1 Å². The molecule has 0 unspecified atom stereocenters. The van der Waals surface area contributed by atoms with E-state index in [0.717, 1.165) is 47.2 Å². The average molecular weight is 407 g/mol. The number of carbonyl (C=O) groups is 2. The number of ether oxygens (including phenoxy) is 1. The van der Waals surface area contributed by atoms with Gasteiger partial charge in [-0.15, -0.1) is 0 Å². The van der Waals surface area contributed by atoms with Crippen LogP contribution in [0.1, 0.15) is 19.3 Å². The van der Waals surface area contributed by atoms with Crippen LogP contribution in [-0.4, -0.2) is 53.8 Å². The second-order valence-corrected chi connectivity index (χ2v) is 7.25. The van der Waals surface area contributed by atoms with Crippen LogP contribution in [0.4, 0.5) is 10.6 Å². The maximum atomic E-state index is 12.2. The highest BCUT2D eigenvalue weighted by atomic mass is 16.5. The van der Waals surface area contributed by atoms with Crippen molar-refractivity contribution in [3.8, 4) is 16.9 Å². The third-order valence-corrected chi connectivity index (χ3v) is 5.27. The first-order chi connectivity index (χ1) is 14.7. The second kappa shape index (κ2) is 8.86.